The standard InChI is InChI=1S/C10H16N4O/c1-8-13-10(14-15-8)5-7-12-9-4-2-3-6-11-9/h2-7H2,1H3,(H,11,12). The minimum absolute atomic E-state index is 0.625. The largest absolute Gasteiger partial charge is 0.373 e. The quantitative estimate of drug-likeness (QED) is 0.807. The van der Waals surface area contributed by atoms with E-state index in [0.29, 0.717) is 5.89 Å². The molecule has 1 aliphatic rings. The fourth-order valence-electron chi connectivity index (χ4n) is 1.60. The predicted octanol–water partition coefficient (Wildman–Crippen LogP) is 1.09. The molecule has 1 aromatic rings. The van der Waals surface area contributed by atoms with Crippen LogP contribution >= 0.6 is 0 Å². The van der Waals surface area contributed by atoms with Gasteiger partial charge in [0.2, 0.25) is 5.89 Å². The van der Waals surface area contributed by atoms with Crippen molar-refractivity contribution in [2.45, 2.75) is 32.6 Å². The first-order chi connectivity index (χ1) is 7.34. The molecule has 0 saturated carbocycles. The molecule has 1 N–H and O–H groups in total. The number of nitrogens with one attached hydrogen (secondary N) is 1. The number of aryl methyl sites for hydroxylation is 1. The summed E-state index contributed by atoms with van der Waals surface area (Å²) in [4.78, 5) is 8.54. The van der Waals surface area contributed by atoms with Gasteiger partial charge in [-0.2, -0.15) is 4.98 Å². The molecular weight excluding hydrogens is 192 g/mol. The second-order valence-corrected chi connectivity index (χ2v) is 3.69. The molecule has 0 radical (unpaired) electrons. The van der Waals surface area contributed by atoms with Crippen molar-refractivity contribution in [1.29, 1.82) is 0 Å². The topological polar surface area (TPSA) is 63.3 Å². The van der Waals surface area contributed by atoms with E-state index >= 15 is 0 Å². The maximum atomic E-state index is 4.89. The molecule has 2 rings (SSSR count). The maximum absolute atomic E-state index is 4.89. The molecular formula is C10H16N4O. The Morgan fingerprint density at radius 2 is 2.33 bits per heavy atom. The monoisotopic (exact) mass is 208 g/mol. The highest BCUT2D eigenvalue weighted by Crippen LogP contribution is 2.03. The molecule has 0 atom stereocenters. The van der Waals surface area contributed by atoms with E-state index in [1.807, 2.05) is 0 Å². The van der Waals surface area contributed by atoms with Crippen LogP contribution in [0.5, 0.6) is 0 Å². The van der Waals surface area contributed by atoms with Crippen molar-refractivity contribution in [1.82, 2.24) is 15.5 Å². The third kappa shape index (κ3) is 3.04. The van der Waals surface area contributed by atoms with Crippen molar-refractivity contribution in [3.63, 3.8) is 0 Å². The minimum Gasteiger partial charge on any atom is -0.373 e. The molecule has 0 unspecified atom stereocenters. The Morgan fingerprint density at radius 3 is 3.00 bits per heavy atom. The Labute approximate surface area is 89.0 Å². The van der Waals surface area contributed by atoms with Crippen molar-refractivity contribution in [3.8, 4) is 0 Å². The van der Waals surface area contributed by atoms with E-state index in [2.05, 4.69) is 20.4 Å². The lowest BCUT2D eigenvalue weighted by molar-refractivity contribution is 0.387. The highest BCUT2D eigenvalue weighted by molar-refractivity contribution is 5.82. The van der Waals surface area contributed by atoms with Crippen molar-refractivity contribution in [2.75, 3.05) is 13.1 Å². The molecule has 0 fully saturated rings. The van der Waals surface area contributed by atoms with Crippen LogP contribution in [0.25, 0.3) is 0 Å². The van der Waals surface area contributed by atoms with Crippen LogP contribution in [0.2, 0.25) is 0 Å². The van der Waals surface area contributed by atoms with E-state index < -0.39 is 0 Å². The highest BCUT2D eigenvalue weighted by atomic mass is 16.5. The number of nitrogens with zero attached hydrogens (tertiary/aromatic N) is 3. The van der Waals surface area contributed by atoms with Crippen LogP contribution in [0.3, 0.4) is 0 Å². The van der Waals surface area contributed by atoms with Gasteiger partial charge < -0.3 is 9.84 Å². The molecule has 0 bridgehead atoms. The first-order valence-corrected chi connectivity index (χ1v) is 5.41. The Balaban J connectivity index is 1.72. The number of hydrogen-bond donors (Lipinski definition) is 1. The number of aliphatic imine (C=N–C) groups is 1. The molecule has 5 heteroatoms. The molecule has 15 heavy (non-hydrogen) atoms. The lowest BCUT2D eigenvalue weighted by Crippen LogP contribution is -2.28. The summed E-state index contributed by atoms with van der Waals surface area (Å²) in [5.41, 5.74) is 0. The fourth-order valence-corrected chi connectivity index (χ4v) is 1.60. The average molecular weight is 208 g/mol. The second-order valence-electron chi connectivity index (χ2n) is 3.69. The fraction of sp³-hybridized carbons (Fsp3) is 0.700. The van der Waals surface area contributed by atoms with Crippen LogP contribution in [-0.2, 0) is 6.42 Å². The van der Waals surface area contributed by atoms with Gasteiger partial charge >= 0.3 is 0 Å². The molecule has 0 spiro atoms. The molecule has 1 aliphatic heterocycles. The summed E-state index contributed by atoms with van der Waals surface area (Å²) in [6, 6.07) is 0. The van der Waals surface area contributed by atoms with Gasteiger partial charge in [0.1, 0.15) is 0 Å². The first-order valence-electron chi connectivity index (χ1n) is 5.41. The molecule has 2 heterocycles. The molecule has 82 valence electrons. The summed E-state index contributed by atoms with van der Waals surface area (Å²) in [6.07, 6.45) is 4.32. The summed E-state index contributed by atoms with van der Waals surface area (Å²) < 4.78 is 4.89. The number of aromatic nitrogens is 2. The van der Waals surface area contributed by atoms with Crippen LogP contribution in [0.15, 0.2) is 9.52 Å². The van der Waals surface area contributed by atoms with Crippen molar-refractivity contribution in [3.05, 3.63) is 11.7 Å². The van der Waals surface area contributed by atoms with Gasteiger partial charge in [0.25, 0.3) is 0 Å². The Hall–Kier alpha value is -1.39. The summed E-state index contributed by atoms with van der Waals surface area (Å²) in [6.45, 7) is 3.59. The third-order valence-electron chi connectivity index (χ3n) is 2.37. The lowest BCUT2D eigenvalue weighted by atomic mass is 10.2. The van der Waals surface area contributed by atoms with Gasteiger partial charge in [-0.15, -0.1) is 0 Å². The summed E-state index contributed by atoms with van der Waals surface area (Å²) in [5, 5.41) is 7.14. The Bertz CT molecular complexity index is 345. The maximum Gasteiger partial charge on any atom is 0.223 e. The van der Waals surface area contributed by atoms with E-state index in [0.717, 1.165) is 37.6 Å². The molecule has 0 aliphatic carbocycles. The molecule has 0 amide bonds. The van der Waals surface area contributed by atoms with Gasteiger partial charge in [-0.25, -0.2) is 0 Å². The van der Waals surface area contributed by atoms with Crippen molar-refractivity contribution < 1.29 is 4.52 Å². The summed E-state index contributed by atoms with van der Waals surface area (Å²) in [7, 11) is 0. The summed E-state index contributed by atoms with van der Waals surface area (Å²) >= 11 is 0. The van der Waals surface area contributed by atoms with Gasteiger partial charge in [-0.05, 0) is 12.8 Å². The van der Waals surface area contributed by atoms with Crippen LogP contribution in [0.4, 0.5) is 0 Å². The van der Waals surface area contributed by atoms with Gasteiger partial charge in [-0.1, -0.05) is 5.16 Å². The van der Waals surface area contributed by atoms with Gasteiger partial charge in [0, 0.05) is 32.9 Å². The number of amidine groups is 1. The van der Waals surface area contributed by atoms with Gasteiger partial charge in [0.05, 0.1) is 5.84 Å². The lowest BCUT2D eigenvalue weighted by Gasteiger charge is -2.12. The number of rotatable bonds is 3. The van der Waals surface area contributed by atoms with E-state index in [-0.39, 0.29) is 0 Å². The van der Waals surface area contributed by atoms with E-state index in [1.54, 1.807) is 6.92 Å². The zero-order valence-electron chi connectivity index (χ0n) is 8.99. The predicted molar refractivity (Wildman–Crippen MR) is 56.9 cm³/mol. The highest BCUT2D eigenvalue weighted by Gasteiger charge is 2.05. The Morgan fingerprint density at radius 1 is 1.40 bits per heavy atom. The van der Waals surface area contributed by atoms with Gasteiger partial charge in [0.15, 0.2) is 5.82 Å². The Kier molecular flexibility index (Phi) is 3.32. The van der Waals surface area contributed by atoms with Crippen molar-refractivity contribution >= 4 is 5.84 Å². The first kappa shape index (κ1) is 10.1. The zero-order valence-corrected chi connectivity index (χ0v) is 8.99. The van der Waals surface area contributed by atoms with Crippen LogP contribution < -0.4 is 5.32 Å². The normalized spacial score (nSPS) is 16.2. The van der Waals surface area contributed by atoms with E-state index in [9.17, 15) is 0 Å². The molecule has 0 aromatic carbocycles. The third-order valence-corrected chi connectivity index (χ3v) is 2.37. The van der Waals surface area contributed by atoms with Crippen LogP contribution in [-0.4, -0.2) is 29.1 Å². The van der Waals surface area contributed by atoms with Gasteiger partial charge in [-0.3, -0.25) is 4.99 Å². The number of hydrogen-bond acceptors (Lipinski definition) is 5. The zero-order chi connectivity index (χ0) is 10.5. The minimum atomic E-state index is 0.625. The van der Waals surface area contributed by atoms with E-state index in [4.69, 9.17) is 4.52 Å². The van der Waals surface area contributed by atoms with Crippen LogP contribution in [0.1, 0.15) is 31.0 Å². The van der Waals surface area contributed by atoms with E-state index in [1.165, 1.54) is 12.8 Å². The smallest absolute Gasteiger partial charge is 0.223 e. The average Bonchev–Trinajstić information content (AvgIpc) is 2.66. The second kappa shape index (κ2) is 4.91. The van der Waals surface area contributed by atoms with Crippen molar-refractivity contribution in [2.24, 2.45) is 4.99 Å². The summed E-state index contributed by atoms with van der Waals surface area (Å²) in [5.74, 6) is 2.51. The SMILES string of the molecule is Cc1nc(CCNC2=NCCCC2)no1. The molecule has 0 saturated heterocycles. The van der Waals surface area contributed by atoms with Crippen LogP contribution in [0, 0.1) is 6.92 Å². The molecule has 1 aromatic heterocycles. The molecule has 5 nitrogen and oxygen atoms in total.